The molecule has 4 nitrogen and oxygen atoms in total. The van der Waals surface area contributed by atoms with Crippen molar-refractivity contribution in [1.82, 2.24) is 9.72 Å². The van der Waals surface area contributed by atoms with Crippen LogP contribution < -0.4 is 5.32 Å². The lowest BCUT2D eigenvalue weighted by Crippen LogP contribution is -2.35. The molecule has 2 unspecified atom stereocenters. The lowest BCUT2D eigenvalue weighted by atomic mass is 9.86. The molecule has 2 aromatic rings. The van der Waals surface area contributed by atoms with Crippen molar-refractivity contribution in [3.8, 4) is 0 Å². The van der Waals surface area contributed by atoms with E-state index in [4.69, 9.17) is 16.3 Å². The largest absolute Gasteiger partial charge is 0.372 e. The van der Waals surface area contributed by atoms with E-state index in [1.807, 2.05) is 22.7 Å². The average molecular weight is 397 g/mol. The van der Waals surface area contributed by atoms with Gasteiger partial charge in [-0.1, -0.05) is 11.6 Å². The number of hydrogen-bond acceptors (Lipinski definition) is 2. The summed E-state index contributed by atoms with van der Waals surface area (Å²) in [6.45, 7) is 0.960. The number of carbonyl (C=O) groups is 1. The van der Waals surface area contributed by atoms with Gasteiger partial charge in [-0.15, -0.1) is 0 Å². The Kier molecular flexibility index (Phi) is 5.12. The number of rotatable bonds is 4. The SMILES string of the molecule is O=C(NCC1CCCC(F)(F)C1)c1cc(C2CCCO2)n2cccc(Cl)c12. The van der Waals surface area contributed by atoms with Crippen molar-refractivity contribution < 1.29 is 18.3 Å². The van der Waals surface area contributed by atoms with Crippen LogP contribution in [0, 0.1) is 5.92 Å². The molecule has 7 heteroatoms. The molecule has 1 aliphatic heterocycles. The summed E-state index contributed by atoms with van der Waals surface area (Å²) in [7, 11) is 0. The molecular formula is C20H23ClF2N2O2. The molecule has 0 bridgehead atoms. The van der Waals surface area contributed by atoms with Gasteiger partial charge in [-0.05, 0) is 49.8 Å². The smallest absolute Gasteiger partial charge is 0.253 e. The van der Waals surface area contributed by atoms with Gasteiger partial charge < -0.3 is 14.5 Å². The topological polar surface area (TPSA) is 42.7 Å². The Balaban J connectivity index is 1.56. The second-order valence-electron chi connectivity index (χ2n) is 7.59. The Labute approximate surface area is 161 Å². The van der Waals surface area contributed by atoms with E-state index in [9.17, 15) is 13.6 Å². The van der Waals surface area contributed by atoms with E-state index in [0.717, 1.165) is 18.5 Å². The molecule has 1 N–H and O–H groups in total. The molecular weight excluding hydrogens is 374 g/mol. The maximum Gasteiger partial charge on any atom is 0.253 e. The van der Waals surface area contributed by atoms with E-state index in [1.165, 1.54) is 0 Å². The number of nitrogens with one attached hydrogen (secondary N) is 1. The van der Waals surface area contributed by atoms with Crippen LogP contribution in [0.4, 0.5) is 8.78 Å². The molecule has 0 spiro atoms. The van der Waals surface area contributed by atoms with Gasteiger partial charge >= 0.3 is 0 Å². The fourth-order valence-corrected chi connectivity index (χ4v) is 4.52. The summed E-state index contributed by atoms with van der Waals surface area (Å²) < 4.78 is 34.9. The highest BCUT2D eigenvalue weighted by Crippen LogP contribution is 2.37. The van der Waals surface area contributed by atoms with Crippen LogP contribution in [0.25, 0.3) is 5.52 Å². The predicted octanol–water partition coefficient (Wildman–Crippen LogP) is 5.00. The number of amides is 1. The molecule has 3 heterocycles. The Hall–Kier alpha value is -1.66. The van der Waals surface area contributed by atoms with Crippen LogP contribution >= 0.6 is 11.6 Å². The maximum absolute atomic E-state index is 13.6. The fourth-order valence-electron chi connectivity index (χ4n) is 4.26. The maximum atomic E-state index is 13.6. The Morgan fingerprint density at radius 3 is 2.96 bits per heavy atom. The number of pyridine rings is 1. The minimum Gasteiger partial charge on any atom is -0.372 e. The first-order valence-corrected chi connectivity index (χ1v) is 9.89. The highest BCUT2D eigenvalue weighted by Gasteiger charge is 2.36. The van der Waals surface area contributed by atoms with Crippen LogP contribution in [0.3, 0.4) is 0 Å². The molecule has 1 aliphatic carbocycles. The molecule has 2 atom stereocenters. The summed E-state index contributed by atoms with van der Waals surface area (Å²) in [4.78, 5) is 12.8. The standard InChI is InChI=1S/C20H23ClF2N2O2/c21-15-5-2-8-25-16(17-6-3-9-27-17)10-14(18(15)25)19(26)24-12-13-4-1-7-20(22,23)11-13/h2,5,8,10,13,17H,1,3-4,6-7,9,11-12H2,(H,24,26). The van der Waals surface area contributed by atoms with Crippen LogP contribution in [0.5, 0.6) is 0 Å². The van der Waals surface area contributed by atoms with Crippen LogP contribution in [-0.4, -0.2) is 29.4 Å². The number of fused-ring (bicyclic) bond motifs is 1. The summed E-state index contributed by atoms with van der Waals surface area (Å²) in [6, 6.07) is 5.40. The van der Waals surface area contributed by atoms with Crippen LogP contribution in [0.15, 0.2) is 24.4 Å². The molecule has 1 saturated heterocycles. The summed E-state index contributed by atoms with van der Waals surface area (Å²) in [6.07, 6.45) is 4.69. The third-order valence-corrected chi connectivity index (χ3v) is 5.87. The van der Waals surface area contributed by atoms with Gasteiger partial charge in [0.05, 0.1) is 27.9 Å². The normalized spacial score (nSPS) is 25.0. The van der Waals surface area contributed by atoms with Gasteiger partial charge in [-0.3, -0.25) is 4.79 Å². The molecule has 0 aromatic carbocycles. The molecule has 2 aliphatic rings. The zero-order chi connectivity index (χ0) is 19.0. The summed E-state index contributed by atoms with van der Waals surface area (Å²) in [5.74, 6) is -3.09. The third kappa shape index (κ3) is 3.83. The number of alkyl halides is 2. The Morgan fingerprint density at radius 2 is 2.22 bits per heavy atom. The minimum atomic E-state index is -2.62. The molecule has 2 aromatic heterocycles. The van der Waals surface area contributed by atoms with Crippen molar-refractivity contribution >= 4 is 23.0 Å². The first-order chi connectivity index (χ1) is 12.9. The van der Waals surface area contributed by atoms with E-state index in [1.54, 1.807) is 6.07 Å². The summed E-state index contributed by atoms with van der Waals surface area (Å²) >= 11 is 6.37. The molecule has 0 radical (unpaired) electrons. The van der Waals surface area contributed by atoms with E-state index in [-0.39, 0.29) is 37.3 Å². The highest BCUT2D eigenvalue weighted by atomic mass is 35.5. The molecule has 1 amide bonds. The zero-order valence-electron chi connectivity index (χ0n) is 15.0. The van der Waals surface area contributed by atoms with E-state index < -0.39 is 5.92 Å². The quantitative estimate of drug-likeness (QED) is 0.790. The summed E-state index contributed by atoms with van der Waals surface area (Å²) in [5.41, 5.74) is 2.00. The van der Waals surface area contributed by atoms with Gasteiger partial charge in [-0.2, -0.15) is 0 Å². The van der Waals surface area contributed by atoms with Gasteiger partial charge in [0.15, 0.2) is 0 Å². The van der Waals surface area contributed by atoms with Gasteiger partial charge in [0, 0.05) is 32.2 Å². The van der Waals surface area contributed by atoms with Gasteiger partial charge in [0.2, 0.25) is 5.92 Å². The number of carbonyl (C=O) groups excluding carboxylic acids is 1. The van der Waals surface area contributed by atoms with Crippen molar-refractivity contribution in [3.05, 3.63) is 40.7 Å². The monoisotopic (exact) mass is 396 g/mol. The summed E-state index contributed by atoms with van der Waals surface area (Å²) in [5, 5.41) is 3.33. The molecule has 27 heavy (non-hydrogen) atoms. The lowest BCUT2D eigenvalue weighted by Gasteiger charge is -2.28. The second-order valence-corrected chi connectivity index (χ2v) is 7.99. The number of nitrogens with zero attached hydrogens (tertiary/aromatic N) is 1. The highest BCUT2D eigenvalue weighted by molar-refractivity contribution is 6.34. The first kappa shape index (κ1) is 18.7. The van der Waals surface area contributed by atoms with Crippen LogP contribution in [0.1, 0.15) is 60.7 Å². The Morgan fingerprint density at radius 1 is 1.37 bits per heavy atom. The lowest BCUT2D eigenvalue weighted by molar-refractivity contribution is -0.0518. The predicted molar refractivity (Wildman–Crippen MR) is 99.6 cm³/mol. The van der Waals surface area contributed by atoms with Crippen LogP contribution in [-0.2, 0) is 4.74 Å². The molecule has 146 valence electrons. The molecule has 4 rings (SSSR count). The molecule has 1 saturated carbocycles. The number of halogens is 3. The molecule has 2 fully saturated rings. The Bertz CT molecular complexity index is 846. The number of aromatic nitrogens is 1. The number of ether oxygens (including phenoxy) is 1. The van der Waals surface area contributed by atoms with Crippen LogP contribution in [0.2, 0.25) is 5.02 Å². The second kappa shape index (κ2) is 7.40. The van der Waals surface area contributed by atoms with Crippen molar-refractivity contribution in [2.75, 3.05) is 13.2 Å². The van der Waals surface area contributed by atoms with Crippen molar-refractivity contribution in [3.63, 3.8) is 0 Å². The minimum absolute atomic E-state index is 0.0536. The van der Waals surface area contributed by atoms with E-state index in [0.29, 0.717) is 35.6 Å². The van der Waals surface area contributed by atoms with Crippen molar-refractivity contribution in [2.45, 2.75) is 50.6 Å². The number of hydrogen-bond donors (Lipinski definition) is 1. The first-order valence-electron chi connectivity index (χ1n) is 9.52. The van der Waals surface area contributed by atoms with E-state index >= 15 is 0 Å². The van der Waals surface area contributed by atoms with Gasteiger partial charge in [0.25, 0.3) is 5.91 Å². The third-order valence-electron chi connectivity index (χ3n) is 5.57. The van der Waals surface area contributed by atoms with Crippen molar-refractivity contribution in [1.29, 1.82) is 0 Å². The van der Waals surface area contributed by atoms with Gasteiger partial charge in [0.1, 0.15) is 0 Å². The average Bonchev–Trinajstić information content (AvgIpc) is 3.27. The zero-order valence-corrected chi connectivity index (χ0v) is 15.8. The fraction of sp³-hybridized carbons (Fsp3) is 0.550. The van der Waals surface area contributed by atoms with Gasteiger partial charge in [-0.25, -0.2) is 8.78 Å². The van der Waals surface area contributed by atoms with E-state index in [2.05, 4.69) is 5.32 Å². The van der Waals surface area contributed by atoms with Crippen molar-refractivity contribution in [2.24, 2.45) is 5.92 Å².